The second-order valence-electron chi connectivity index (χ2n) is 4.92. The molecule has 2 rings (SSSR count). The van der Waals surface area contributed by atoms with Crippen LogP contribution in [0.3, 0.4) is 0 Å². The van der Waals surface area contributed by atoms with Crippen molar-refractivity contribution < 1.29 is 4.79 Å². The van der Waals surface area contributed by atoms with Crippen LogP contribution in [0.4, 0.5) is 11.6 Å². The highest BCUT2D eigenvalue weighted by molar-refractivity contribution is 5.83. The van der Waals surface area contributed by atoms with E-state index in [4.69, 9.17) is 11.5 Å². The molecule has 0 spiro atoms. The molecule has 104 valence electrons. The number of carbonyl (C=O) groups is 1. The van der Waals surface area contributed by atoms with Gasteiger partial charge in [-0.3, -0.25) is 4.79 Å². The number of anilines is 2. The second-order valence-corrected chi connectivity index (χ2v) is 4.92. The molecule has 0 aliphatic carbocycles. The van der Waals surface area contributed by atoms with Gasteiger partial charge in [-0.05, 0) is 25.7 Å². The molecule has 1 fully saturated rings. The third-order valence-corrected chi connectivity index (χ3v) is 3.38. The van der Waals surface area contributed by atoms with E-state index >= 15 is 0 Å². The van der Waals surface area contributed by atoms with Gasteiger partial charge in [-0.25, -0.2) is 9.97 Å². The Morgan fingerprint density at radius 3 is 2.95 bits per heavy atom. The SMILES string of the molecule is CCCc1nc(N)cc(N2CCCCC2C(N)=O)n1. The Kier molecular flexibility index (Phi) is 4.19. The Balaban J connectivity index is 2.30. The molecule has 1 amide bonds. The van der Waals surface area contributed by atoms with Gasteiger partial charge in [-0.1, -0.05) is 6.92 Å². The standard InChI is InChI=1S/C13H21N5O/c1-2-5-11-16-10(14)8-12(17-11)18-7-4-3-6-9(18)13(15)19/h8-9H,2-7H2,1H3,(H2,15,19)(H2,14,16,17). The van der Waals surface area contributed by atoms with Crippen LogP contribution in [-0.4, -0.2) is 28.5 Å². The number of aromatic nitrogens is 2. The van der Waals surface area contributed by atoms with Gasteiger partial charge in [0.1, 0.15) is 23.5 Å². The molecule has 1 atom stereocenters. The zero-order valence-electron chi connectivity index (χ0n) is 11.3. The molecule has 0 bridgehead atoms. The molecule has 6 heteroatoms. The Morgan fingerprint density at radius 2 is 2.26 bits per heavy atom. The van der Waals surface area contributed by atoms with E-state index in [-0.39, 0.29) is 11.9 Å². The monoisotopic (exact) mass is 263 g/mol. The lowest BCUT2D eigenvalue weighted by molar-refractivity contribution is -0.119. The number of hydrogen-bond acceptors (Lipinski definition) is 5. The fourth-order valence-corrected chi connectivity index (χ4v) is 2.49. The maximum atomic E-state index is 11.5. The van der Waals surface area contributed by atoms with Gasteiger partial charge in [-0.2, -0.15) is 0 Å². The summed E-state index contributed by atoms with van der Waals surface area (Å²) >= 11 is 0. The molecule has 0 radical (unpaired) electrons. The zero-order valence-corrected chi connectivity index (χ0v) is 11.3. The van der Waals surface area contributed by atoms with Crippen LogP contribution >= 0.6 is 0 Å². The van der Waals surface area contributed by atoms with Crippen LogP contribution < -0.4 is 16.4 Å². The Labute approximate surface area is 113 Å². The maximum absolute atomic E-state index is 11.5. The van der Waals surface area contributed by atoms with Crippen molar-refractivity contribution in [3.8, 4) is 0 Å². The van der Waals surface area contributed by atoms with Gasteiger partial charge in [0.2, 0.25) is 5.91 Å². The van der Waals surface area contributed by atoms with E-state index in [9.17, 15) is 4.79 Å². The molecule has 0 saturated carbocycles. The second kappa shape index (κ2) is 5.86. The van der Waals surface area contributed by atoms with E-state index in [2.05, 4.69) is 16.9 Å². The Hall–Kier alpha value is -1.85. The Morgan fingerprint density at radius 1 is 1.47 bits per heavy atom. The highest BCUT2D eigenvalue weighted by Crippen LogP contribution is 2.24. The molecule has 1 aromatic rings. The molecule has 1 unspecified atom stereocenters. The predicted molar refractivity (Wildman–Crippen MR) is 74.6 cm³/mol. The quantitative estimate of drug-likeness (QED) is 0.839. The summed E-state index contributed by atoms with van der Waals surface area (Å²) < 4.78 is 0. The van der Waals surface area contributed by atoms with Crippen LogP contribution in [0, 0.1) is 0 Å². The van der Waals surface area contributed by atoms with Crippen LogP contribution in [-0.2, 0) is 11.2 Å². The maximum Gasteiger partial charge on any atom is 0.240 e. The highest BCUT2D eigenvalue weighted by atomic mass is 16.1. The molecule has 1 aromatic heterocycles. The van der Waals surface area contributed by atoms with Crippen molar-refractivity contribution in [2.75, 3.05) is 17.2 Å². The third-order valence-electron chi connectivity index (χ3n) is 3.38. The fourth-order valence-electron chi connectivity index (χ4n) is 2.49. The van der Waals surface area contributed by atoms with E-state index in [1.54, 1.807) is 6.07 Å². The minimum atomic E-state index is -0.297. The number of carbonyl (C=O) groups excluding carboxylic acids is 1. The summed E-state index contributed by atoms with van der Waals surface area (Å²) in [6, 6.07) is 1.44. The number of aryl methyl sites for hydroxylation is 1. The van der Waals surface area contributed by atoms with Crippen LogP contribution in [0.5, 0.6) is 0 Å². The normalized spacial score (nSPS) is 19.4. The van der Waals surface area contributed by atoms with E-state index in [0.717, 1.165) is 50.3 Å². The van der Waals surface area contributed by atoms with Gasteiger partial charge in [-0.15, -0.1) is 0 Å². The van der Waals surface area contributed by atoms with E-state index < -0.39 is 0 Å². The zero-order chi connectivity index (χ0) is 13.8. The fraction of sp³-hybridized carbons (Fsp3) is 0.615. The average molecular weight is 263 g/mol. The number of primary amides is 1. The summed E-state index contributed by atoms with van der Waals surface area (Å²) in [6.45, 7) is 2.86. The summed E-state index contributed by atoms with van der Waals surface area (Å²) in [5.74, 6) is 1.60. The lowest BCUT2D eigenvalue weighted by Gasteiger charge is -2.34. The van der Waals surface area contributed by atoms with Crippen LogP contribution in [0.25, 0.3) is 0 Å². The molecular formula is C13H21N5O. The number of amides is 1. The van der Waals surface area contributed by atoms with Crippen LogP contribution in [0.2, 0.25) is 0 Å². The van der Waals surface area contributed by atoms with Gasteiger partial charge in [0.05, 0.1) is 0 Å². The summed E-state index contributed by atoms with van der Waals surface area (Å²) in [5, 5.41) is 0. The number of nitrogen functional groups attached to an aromatic ring is 1. The van der Waals surface area contributed by atoms with Crippen molar-refractivity contribution >= 4 is 17.5 Å². The summed E-state index contributed by atoms with van der Waals surface area (Å²) in [5.41, 5.74) is 11.3. The average Bonchev–Trinajstić information content (AvgIpc) is 2.38. The van der Waals surface area contributed by atoms with Gasteiger partial charge >= 0.3 is 0 Å². The van der Waals surface area contributed by atoms with Gasteiger partial charge < -0.3 is 16.4 Å². The predicted octanol–water partition coefficient (Wildman–Crippen LogP) is 0.855. The first-order chi connectivity index (χ1) is 9.11. The minimum Gasteiger partial charge on any atom is -0.384 e. The first-order valence-corrected chi connectivity index (χ1v) is 6.81. The van der Waals surface area contributed by atoms with Gasteiger partial charge in [0, 0.05) is 19.0 Å². The van der Waals surface area contributed by atoms with Crippen molar-refractivity contribution in [2.24, 2.45) is 5.73 Å². The molecule has 6 nitrogen and oxygen atoms in total. The van der Waals surface area contributed by atoms with Gasteiger partial charge in [0.15, 0.2) is 0 Å². The number of piperidine rings is 1. The van der Waals surface area contributed by atoms with Crippen LogP contribution in [0.15, 0.2) is 6.07 Å². The highest BCUT2D eigenvalue weighted by Gasteiger charge is 2.28. The minimum absolute atomic E-state index is 0.280. The Bertz CT molecular complexity index is 462. The molecule has 0 aromatic carbocycles. The molecule has 1 aliphatic heterocycles. The van der Waals surface area contributed by atoms with Crippen molar-refractivity contribution in [3.63, 3.8) is 0 Å². The van der Waals surface area contributed by atoms with E-state index in [1.807, 2.05) is 4.90 Å². The topological polar surface area (TPSA) is 98.1 Å². The van der Waals surface area contributed by atoms with E-state index in [0.29, 0.717) is 5.82 Å². The van der Waals surface area contributed by atoms with E-state index in [1.165, 1.54) is 0 Å². The molecule has 4 N–H and O–H groups in total. The first kappa shape index (κ1) is 13.6. The first-order valence-electron chi connectivity index (χ1n) is 6.81. The number of hydrogen-bond donors (Lipinski definition) is 2. The smallest absolute Gasteiger partial charge is 0.240 e. The van der Waals surface area contributed by atoms with Crippen molar-refractivity contribution in [3.05, 3.63) is 11.9 Å². The summed E-state index contributed by atoms with van der Waals surface area (Å²) in [7, 11) is 0. The van der Waals surface area contributed by atoms with Crippen molar-refractivity contribution in [1.82, 2.24) is 9.97 Å². The lowest BCUT2D eigenvalue weighted by Crippen LogP contribution is -2.48. The molecule has 1 saturated heterocycles. The van der Waals surface area contributed by atoms with Crippen molar-refractivity contribution in [2.45, 2.75) is 45.1 Å². The molecular weight excluding hydrogens is 242 g/mol. The number of nitrogens with two attached hydrogens (primary N) is 2. The summed E-state index contributed by atoms with van der Waals surface area (Å²) in [6.07, 6.45) is 4.58. The van der Waals surface area contributed by atoms with Gasteiger partial charge in [0.25, 0.3) is 0 Å². The lowest BCUT2D eigenvalue weighted by atomic mass is 10.0. The molecule has 19 heavy (non-hydrogen) atoms. The van der Waals surface area contributed by atoms with Crippen molar-refractivity contribution in [1.29, 1.82) is 0 Å². The third kappa shape index (κ3) is 3.13. The molecule has 1 aliphatic rings. The van der Waals surface area contributed by atoms with Crippen LogP contribution in [0.1, 0.15) is 38.4 Å². The molecule has 2 heterocycles. The summed E-state index contributed by atoms with van der Waals surface area (Å²) in [4.78, 5) is 22.2. The number of nitrogens with zero attached hydrogens (tertiary/aromatic N) is 3. The largest absolute Gasteiger partial charge is 0.384 e. The number of rotatable bonds is 4.